The summed E-state index contributed by atoms with van der Waals surface area (Å²) in [7, 11) is 3.56. The molecule has 22 heavy (non-hydrogen) atoms. The highest BCUT2D eigenvalue weighted by Crippen LogP contribution is 2.51. The van der Waals surface area contributed by atoms with Gasteiger partial charge in [0, 0.05) is 31.7 Å². The van der Waals surface area contributed by atoms with E-state index in [1.807, 2.05) is 6.07 Å². The first-order chi connectivity index (χ1) is 10.5. The summed E-state index contributed by atoms with van der Waals surface area (Å²) < 4.78 is 2.13. The molecule has 2 heterocycles. The van der Waals surface area contributed by atoms with Crippen molar-refractivity contribution in [2.45, 2.75) is 31.7 Å². The highest BCUT2D eigenvalue weighted by atomic mass is 35.5. The molecule has 3 atom stereocenters. The Kier molecular flexibility index (Phi) is 3.15. The van der Waals surface area contributed by atoms with E-state index in [0.717, 1.165) is 23.4 Å². The van der Waals surface area contributed by atoms with Gasteiger partial charge in [0.05, 0.1) is 0 Å². The van der Waals surface area contributed by atoms with Crippen molar-refractivity contribution >= 4 is 28.5 Å². The summed E-state index contributed by atoms with van der Waals surface area (Å²) in [6.07, 6.45) is 6.71. The fourth-order valence-electron chi connectivity index (χ4n) is 4.24. The van der Waals surface area contributed by atoms with Gasteiger partial charge in [-0.3, -0.25) is 4.79 Å². The van der Waals surface area contributed by atoms with Gasteiger partial charge in [-0.25, -0.2) is 4.98 Å². The topological polar surface area (TPSA) is 51.0 Å². The van der Waals surface area contributed by atoms with Gasteiger partial charge in [0.1, 0.15) is 11.3 Å². The molecule has 0 saturated heterocycles. The quantitative estimate of drug-likeness (QED) is 0.799. The molecule has 5 nitrogen and oxygen atoms in total. The Morgan fingerprint density at radius 1 is 1.36 bits per heavy atom. The van der Waals surface area contributed by atoms with Crippen molar-refractivity contribution < 1.29 is 4.79 Å². The van der Waals surface area contributed by atoms with Crippen molar-refractivity contribution in [1.82, 2.24) is 19.4 Å². The first kappa shape index (κ1) is 14.0. The molecule has 0 N–H and O–H groups in total. The molecule has 6 heteroatoms. The third-order valence-corrected chi connectivity index (χ3v) is 5.39. The molecule has 2 saturated carbocycles. The smallest absolute Gasteiger partial charge is 0.270 e. The molecule has 2 aromatic heterocycles. The third-order valence-electron chi connectivity index (χ3n) is 5.20. The van der Waals surface area contributed by atoms with Crippen molar-refractivity contribution in [1.29, 1.82) is 0 Å². The number of fused-ring (bicyclic) bond motifs is 3. The van der Waals surface area contributed by atoms with E-state index >= 15 is 0 Å². The highest BCUT2D eigenvalue weighted by molar-refractivity contribution is 6.28. The molecule has 1 amide bonds. The van der Waals surface area contributed by atoms with Crippen molar-refractivity contribution in [3.05, 3.63) is 23.2 Å². The molecule has 0 aliphatic heterocycles. The van der Waals surface area contributed by atoms with Crippen LogP contribution in [0.5, 0.6) is 0 Å². The number of rotatable bonds is 2. The second kappa shape index (κ2) is 4.95. The van der Waals surface area contributed by atoms with Crippen molar-refractivity contribution in [2.75, 3.05) is 14.1 Å². The van der Waals surface area contributed by atoms with Gasteiger partial charge < -0.3 is 9.47 Å². The molecule has 2 bridgehead atoms. The van der Waals surface area contributed by atoms with Crippen molar-refractivity contribution in [2.24, 2.45) is 11.8 Å². The number of hydrogen-bond acceptors (Lipinski definition) is 3. The van der Waals surface area contributed by atoms with E-state index in [4.69, 9.17) is 11.6 Å². The summed E-state index contributed by atoms with van der Waals surface area (Å²) in [5.74, 6) is 1.46. The van der Waals surface area contributed by atoms with Crippen LogP contribution in [-0.4, -0.2) is 39.4 Å². The molecule has 0 aromatic carbocycles. The summed E-state index contributed by atoms with van der Waals surface area (Å²) in [6.45, 7) is 0. The molecule has 2 aromatic rings. The molecular formula is C16H19ClN4O. The number of halogens is 1. The van der Waals surface area contributed by atoms with Gasteiger partial charge in [-0.15, -0.1) is 0 Å². The lowest BCUT2D eigenvalue weighted by molar-refractivity contribution is 0.0813. The van der Waals surface area contributed by atoms with E-state index in [9.17, 15) is 4.79 Å². The van der Waals surface area contributed by atoms with Gasteiger partial charge in [-0.1, -0.05) is 6.42 Å². The van der Waals surface area contributed by atoms with E-state index in [2.05, 4.69) is 14.5 Å². The average Bonchev–Trinajstić information content (AvgIpc) is 3.18. The predicted molar refractivity (Wildman–Crippen MR) is 85.0 cm³/mol. The van der Waals surface area contributed by atoms with Crippen LogP contribution in [0, 0.1) is 11.8 Å². The van der Waals surface area contributed by atoms with Gasteiger partial charge in [0.2, 0.25) is 5.28 Å². The van der Waals surface area contributed by atoms with Crippen LogP contribution >= 0.6 is 11.6 Å². The van der Waals surface area contributed by atoms with Crippen LogP contribution in [0.4, 0.5) is 0 Å². The minimum Gasteiger partial charge on any atom is -0.343 e. The lowest BCUT2D eigenvalue weighted by atomic mass is 9.95. The predicted octanol–water partition coefficient (Wildman–Crippen LogP) is 3.15. The Bertz CT molecular complexity index is 754. The maximum absolute atomic E-state index is 12.6. The number of hydrogen-bond donors (Lipinski definition) is 0. The van der Waals surface area contributed by atoms with Crippen LogP contribution in [0.15, 0.2) is 12.3 Å². The highest BCUT2D eigenvalue weighted by Gasteiger charge is 2.42. The standard InChI is InChI=1S/C16H19ClN4O/c1-20(2)15(22)13-7-11-8-18-16(17)19-14(11)21(13)12-6-9-3-4-10(12)5-9/h7-10,12H,3-6H2,1-2H3/t9-,10+,12+/m1/s1. The summed E-state index contributed by atoms with van der Waals surface area (Å²) in [4.78, 5) is 22.7. The summed E-state index contributed by atoms with van der Waals surface area (Å²) in [5.41, 5.74) is 1.50. The van der Waals surface area contributed by atoms with Crippen LogP contribution in [-0.2, 0) is 0 Å². The van der Waals surface area contributed by atoms with Crippen LogP contribution in [0.3, 0.4) is 0 Å². The molecule has 0 radical (unpaired) electrons. The van der Waals surface area contributed by atoms with Gasteiger partial charge in [0.15, 0.2) is 0 Å². The normalized spacial score (nSPS) is 26.8. The minimum atomic E-state index is 0.0110. The van der Waals surface area contributed by atoms with Gasteiger partial charge in [-0.2, -0.15) is 4.98 Å². The SMILES string of the molecule is CN(C)C(=O)c1cc2cnc(Cl)nc2n1[C@H]1C[C@@H]2CC[C@H]1C2. The largest absolute Gasteiger partial charge is 0.343 e. The summed E-state index contributed by atoms with van der Waals surface area (Å²) in [5, 5.41) is 1.12. The van der Waals surface area contributed by atoms with Crippen molar-refractivity contribution in [3.8, 4) is 0 Å². The van der Waals surface area contributed by atoms with Crippen LogP contribution < -0.4 is 0 Å². The zero-order chi connectivity index (χ0) is 15.4. The Balaban J connectivity index is 1.91. The van der Waals surface area contributed by atoms with Crippen molar-refractivity contribution in [3.63, 3.8) is 0 Å². The molecule has 116 valence electrons. The van der Waals surface area contributed by atoms with E-state index < -0.39 is 0 Å². The fourth-order valence-corrected chi connectivity index (χ4v) is 4.37. The Labute approximate surface area is 134 Å². The maximum Gasteiger partial charge on any atom is 0.270 e. The summed E-state index contributed by atoms with van der Waals surface area (Å²) in [6, 6.07) is 2.26. The molecule has 0 unspecified atom stereocenters. The number of aromatic nitrogens is 3. The number of carbonyl (C=O) groups is 1. The second-order valence-corrected chi connectivity index (χ2v) is 7.10. The van der Waals surface area contributed by atoms with Crippen LogP contribution in [0.2, 0.25) is 5.28 Å². The van der Waals surface area contributed by atoms with Crippen LogP contribution in [0.1, 0.15) is 42.2 Å². The monoisotopic (exact) mass is 318 g/mol. The summed E-state index contributed by atoms with van der Waals surface area (Å²) >= 11 is 6.00. The van der Waals surface area contributed by atoms with Gasteiger partial charge in [-0.05, 0) is 48.8 Å². The third kappa shape index (κ3) is 2.02. The zero-order valence-corrected chi connectivity index (χ0v) is 13.5. The fraction of sp³-hybridized carbons (Fsp3) is 0.562. The second-order valence-electron chi connectivity index (χ2n) is 6.76. The Morgan fingerprint density at radius 3 is 2.82 bits per heavy atom. The van der Waals surface area contributed by atoms with E-state index in [1.54, 1.807) is 25.2 Å². The van der Waals surface area contributed by atoms with E-state index in [1.165, 1.54) is 19.3 Å². The molecule has 2 fully saturated rings. The van der Waals surface area contributed by atoms with Gasteiger partial charge in [0.25, 0.3) is 5.91 Å². The van der Waals surface area contributed by atoms with E-state index in [0.29, 0.717) is 17.7 Å². The van der Waals surface area contributed by atoms with Crippen LogP contribution in [0.25, 0.3) is 11.0 Å². The maximum atomic E-state index is 12.6. The van der Waals surface area contributed by atoms with Gasteiger partial charge >= 0.3 is 0 Å². The first-order valence-electron chi connectivity index (χ1n) is 7.79. The first-order valence-corrected chi connectivity index (χ1v) is 8.17. The average molecular weight is 319 g/mol. The molecule has 2 aliphatic carbocycles. The Morgan fingerprint density at radius 2 is 2.18 bits per heavy atom. The lowest BCUT2D eigenvalue weighted by Crippen LogP contribution is -2.27. The minimum absolute atomic E-state index is 0.0110. The zero-order valence-electron chi connectivity index (χ0n) is 12.8. The molecule has 4 rings (SSSR count). The Hall–Kier alpha value is -1.62. The lowest BCUT2D eigenvalue weighted by Gasteiger charge is -2.26. The number of carbonyl (C=O) groups excluding carboxylic acids is 1. The molecule has 0 spiro atoms. The molecule has 2 aliphatic rings. The molecular weight excluding hydrogens is 300 g/mol. The van der Waals surface area contributed by atoms with E-state index in [-0.39, 0.29) is 11.2 Å². The number of amides is 1. The number of nitrogens with zero attached hydrogens (tertiary/aromatic N) is 4.